The minimum Gasteiger partial charge on any atom is -0.481 e. The monoisotopic (exact) mass is 290 g/mol. The maximum Gasteiger partial charge on any atom is 0.303 e. The van der Waals surface area contributed by atoms with Gasteiger partial charge in [0.25, 0.3) is 0 Å². The van der Waals surface area contributed by atoms with E-state index < -0.39 is 21.8 Å². The maximum absolute atomic E-state index is 13.6. The highest BCUT2D eigenvalue weighted by atomic mass is 32.2. The van der Waals surface area contributed by atoms with Crippen molar-refractivity contribution in [1.82, 2.24) is 0 Å². The van der Waals surface area contributed by atoms with Crippen molar-refractivity contribution in [2.24, 2.45) is 5.14 Å². The van der Waals surface area contributed by atoms with Crippen molar-refractivity contribution in [2.45, 2.75) is 30.7 Å². The number of hydrogen-bond donors (Lipinski definition) is 3. The van der Waals surface area contributed by atoms with Gasteiger partial charge in [0.05, 0.1) is 10.6 Å². The van der Waals surface area contributed by atoms with Crippen LogP contribution in [-0.2, 0) is 14.8 Å². The number of carboxylic acid groups (broad SMARTS) is 1. The predicted molar refractivity (Wildman–Crippen MR) is 67.7 cm³/mol. The van der Waals surface area contributed by atoms with E-state index in [1.54, 1.807) is 6.92 Å². The molecule has 0 spiro atoms. The molecule has 0 bridgehead atoms. The minimum atomic E-state index is -3.94. The minimum absolute atomic E-state index is 0.0367. The molecule has 1 rings (SSSR count). The quantitative estimate of drug-likeness (QED) is 0.727. The summed E-state index contributed by atoms with van der Waals surface area (Å²) in [6.45, 7) is 1.70. The van der Waals surface area contributed by atoms with Crippen molar-refractivity contribution in [1.29, 1.82) is 0 Å². The van der Waals surface area contributed by atoms with Gasteiger partial charge >= 0.3 is 5.97 Å². The molecule has 4 N–H and O–H groups in total. The number of halogens is 1. The molecular formula is C11H15FN2O4S. The van der Waals surface area contributed by atoms with Crippen molar-refractivity contribution < 1.29 is 22.7 Å². The molecule has 8 heteroatoms. The second-order valence-electron chi connectivity index (χ2n) is 4.16. The predicted octanol–water partition coefficient (Wildman–Crippen LogP) is 1.14. The number of primary sulfonamides is 1. The van der Waals surface area contributed by atoms with Gasteiger partial charge in [-0.15, -0.1) is 0 Å². The summed E-state index contributed by atoms with van der Waals surface area (Å²) in [5.74, 6) is -1.69. The van der Waals surface area contributed by atoms with E-state index in [2.05, 4.69) is 5.32 Å². The van der Waals surface area contributed by atoms with E-state index in [0.29, 0.717) is 6.42 Å². The highest BCUT2D eigenvalue weighted by molar-refractivity contribution is 7.89. The summed E-state index contributed by atoms with van der Waals surface area (Å²) in [5.41, 5.74) is 0.102. The standard InChI is InChI=1S/C11H15FN2O4S/c1-7(2-5-11(15)16)14-10-4-3-8(6-9(10)12)19(13,17)18/h3-4,6-7,14H,2,5H2,1H3,(H,15,16)(H2,13,17,18). The molecule has 0 aromatic heterocycles. The summed E-state index contributed by atoms with van der Waals surface area (Å²) in [6, 6.07) is 3.00. The van der Waals surface area contributed by atoms with Crippen LogP contribution in [0.4, 0.5) is 10.1 Å². The van der Waals surface area contributed by atoms with Crippen LogP contribution in [0.5, 0.6) is 0 Å². The number of carbonyl (C=O) groups is 1. The van der Waals surface area contributed by atoms with E-state index in [1.807, 2.05) is 0 Å². The van der Waals surface area contributed by atoms with Gasteiger partial charge in [-0.3, -0.25) is 4.79 Å². The molecule has 0 radical (unpaired) electrons. The normalized spacial score (nSPS) is 13.0. The molecule has 0 aliphatic rings. The Morgan fingerprint density at radius 2 is 2.16 bits per heavy atom. The van der Waals surface area contributed by atoms with Crippen molar-refractivity contribution in [2.75, 3.05) is 5.32 Å². The van der Waals surface area contributed by atoms with Crippen LogP contribution in [-0.4, -0.2) is 25.5 Å². The van der Waals surface area contributed by atoms with Gasteiger partial charge in [-0.05, 0) is 31.5 Å². The second kappa shape index (κ2) is 5.98. The molecule has 1 aromatic carbocycles. The molecule has 1 atom stereocenters. The lowest BCUT2D eigenvalue weighted by Crippen LogP contribution is -2.18. The first-order valence-electron chi connectivity index (χ1n) is 5.51. The van der Waals surface area contributed by atoms with Crippen LogP contribution < -0.4 is 10.5 Å². The summed E-state index contributed by atoms with van der Waals surface area (Å²) in [7, 11) is -3.94. The third-order valence-electron chi connectivity index (χ3n) is 2.46. The maximum atomic E-state index is 13.6. The molecule has 0 aliphatic heterocycles. The Morgan fingerprint density at radius 1 is 1.53 bits per heavy atom. The van der Waals surface area contributed by atoms with Gasteiger partial charge in [-0.1, -0.05) is 0 Å². The summed E-state index contributed by atoms with van der Waals surface area (Å²) >= 11 is 0. The number of aliphatic carboxylic acids is 1. The van der Waals surface area contributed by atoms with Crippen LogP contribution in [0.1, 0.15) is 19.8 Å². The summed E-state index contributed by atoms with van der Waals surface area (Å²) in [6.07, 6.45) is 0.288. The molecule has 1 aromatic rings. The third-order valence-corrected chi connectivity index (χ3v) is 3.37. The molecule has 0 saturated heterocycles. The van der Waals surface area contributed by atoms with Crippen molar-refractivity contribution >= 4 is 21.7 Å². The molecule has 0 heterocycles. The van der Waals surface area contributed by atoms with Crippen LogP contribution in [0.25, 0.3) is 0 Å². The van der Waals surface area contributed by atoms with Crippen molar-refractivity contribution in [3.63, 3.8) is 0 Å². The Hall–Kier alpha value is -1.67. The molecular weight excluding hydrogens is 275 g/mol. The Labute approximate surface area is 110 Å². The first-order valence-corrected chi connectivity index (χ1v) is 7.05. The average Bonchev–Trinajstić information content (AvgIpc) is 2.27. The lowest BCUT2D eigenvalue weighted by Gasteiger charge is -2.15. The smallest absolute Gasteiger partial charge is 0.303 e. The van der Waals surface area contributed by atoms with E-state index in [0.717, 1.165) is 6.07 Å². The zero-order chi connectivity index (χ0) is 14.6. The topological polar surface area (TPSA) is 109 Å². The number of nitrogens with two attached hydrogens (primary N) is 1. The molecule has 0 aliphatic carbocycles. The van der Waals surface area contributed by atoms with Crippen molar-refractivity contribution in [3.8, 4) is 0 Å². The Bertz CT molecular complexity index is 574. The van der Waals surface area contributed by atoms with E-state index in [1.165, 1.54) is 12.1 Å². The summed E-state index contributed by atoms with van der Waals surface area (Å²) in [5, 5.41) is 16.2. The zero-order valence-electron chi connectivity index (χ0n) is 10.3. The van der Waals surface area contributed by atoms with Crippen LogP contribution in [0, 0.1) is 5.82 Å². The Morgan fingerprint density at radius 3 is 2.63 bits per heavy atom. The fourth-order valence-corrected chi connectivity index (χ4v) is 1.99. The van der Waals surface area contributed by atoms with E-state index in [4.69, 9.17) is 10.2 Å². The zero-order valence-corrected chi connectivity index (χ0v) is 11.1. The number of carboxylic acids is 1. The van der Waals surface area contributed by atoms with Crippen LogP contribution in [0.2, 0.25) is 0 Å². The number of hydrogen-bond acceptors (Lipinski definition) is 4. The lowest BCUT2D eigenvalue weighted by molar-refractivity contribution is -0.137. The van der Waals surface area contributed by atoms with Crippen LogP contribution >= 0.6 is 0 Å². The Balaban J connectivity index is 2.78. The van der Waals surface area contributed by atoms with Crippen LogP contribution in [0.15, 0.2) is 23.1 Å². The summed E-state index contributed by atoms with van der Waals surface area (Å²) < 4.78 is 35.7. The summed E-state index contributed by atoms with van der Waals surface area (Å²) in [4.78, 5) is 10.1. The van der Waals surface area contributed by atoms with Gasteiger partial charge in [0.2, 0.25) is 10.0 Å². The van der Waals surface area contributed by atoms with Crippen molar-refractivity contribution in [3.05, 3.63) is 24.0 Å². The number of anilines is 1. The van der Waals surface area contributed by atoms with Gasteiger partial charge in [-0.2, -0.15) is 0 Å². The molecule has 0 saturated carbocycles. The highest BCUT2D eigenvalue weighted by Crippen LogP contribution is 2.19. The number of sulfonamides is 1. The van der Waals surface area contributed by atoms with E-state index in [-0.39, 0.29) is 23.0 Å². The molecule has 6 nitrogen and oxygen atoms in total. The van der Waals surface area contributed by atoms with Crippen LogP contribution in [0.3, 0.4) is 0 Å². The fourth-order valence-electron chi connectivity index (χ4n) is 1.47. The molecule has 1 unspecified atom stereocenters. The first kappa shape index (κ1) is 15.4. The third kappa shape index (κ3) is 4.84. The molecule has 106 valence electrons. The molecule has 0 fully saturated rings. The number of rotatable bonds is 6. The number of nitrogens with one attached hydrogen (secondary N) is 1. The SMILES string of the molecule is CC(CCC(=O)O)Nc1ccc(S(N)(=O)=O)cc1F. The van der Waals surface area contributed by atoms with Gasteiger partial charge in [0, 0.05) is 12.5 Å². The van der Waals surface area contributed by atoms with Gasteiger partial charge in [-0.25, -0.2) is 17.9 Å². The van der Waals surface area contributed by atoms with E-state index in [9.17, 15) is 17.6 Å². The molecule has 19 heavy (non-hydrogen) atoms. The van der Waals surface area contributed by atoms with Gasteiger partial charge in [0.15, 0.2) is 0 Å². The largest absolute Gasteiger partial charge is 0.481 e. The fraction of sp³-hybridized carbons (Fsp3) is 0.364. The van der Waals surface area contributed by atoms with E-state index >= 15 is 0 Å². The Kier molecular flexibility index (Phi) is 4.84. The lowest BCUT2D eigenvalue weighted by atomic mass is 10.1. The molecule has 0 amide bonds. The number of benzene rings is 1. The second-order valence-corrected chi connectivity index (χ2v) is 5.73. The van der Waals surface area contributed by atoms with Gasteiger partial charge in [0.1, 0.15) is 5.82 Å². The first-order chi connectivity index (χ1) is 8.70. The highest BCUT2D eigenvalue weighted by Gasteiger charge is 2.13. The van der Waals surface area contributed by atoms with Gasteiger partial charge < -0.3 is 10.4 Å². The average molecular weight is 290 g/mol.